The first kappa shape index (κ1) is 14.1. The third-order valence-electron chi connectivity index (χ3n) is 2.74. The molecule has 1 aromatic rings. The molecule has 0 saturated carbocycles. The van der Waals surface area contributed by atoms with Crippen LogP contribution in [0.5, 0.6) is 0 Å². The topological polar surface area (TPSA) is 62.2 Å². The molecular formula is C12H20N2O2S. The number of aromatic nitrogens is 1. The van der Waals surface area contributed by atoms with E-state index in [9.17, 15) is 4.79 Å². The lowest BCUT2D eigenvalue weighted by Crippen LogP contribution is -2.39. The lowest BCUT2D eigenvalue weighted by molar-refractivity contribution is 0.0919. The average Bonchev–Trinajstić information content (AvgIpc) is 2.76. The number of aryl methyl sites for hydroxylation is 1. The second-order valence-electron chi connectivity index (χ2n) is 4.32. The quantitative estimate of drug-likeness (QED) is 0.816. The standard InChI is InChI=1S/C12H20N2O2S/c1-4-9-11(17-7-13-9)12(16)14-10(5-6-15)8(2)3/h7-8,10,15H,4-6H2,1-3H3,(H,14,16). The van der Waals surface area contributed by atoms with Gasteiger partial charge in [0.2, 0.25) is 0 Å². The van der Waals surface area contributed by atoms with E-state index in [0.29, 0.717) is 17.2 Å². The minimum Gasteiger partial charge on any atom is -0.396 e. The third kappa shape index (κ3) is 3.78. The first-order chi connectivity index (χ1) is 8.10. The number of hydrogen-bond acceptors (Lipinski definition) is 4. The van der Waals surface area contributed by atoms with E-state index >= 15 is 0 Å². The van der Waals surface area contributed by atoms with Crippen LogP contribution >= 0.6 is 11.3 Å². The molecule has 1 amide bonds. The summed E-state index contributed by atoms with van der Waals surface area (Å²) in [7, 11) is 0. The summed E-state index contributed by atoms with van der Waals surface area (Å²) >= 11 is 1.37. The second kappa shape index (κ2) is 6.71. The highest BCUT2D eigenvalue weighted by atomic mass is 32.1. The fraction of sp³-hybridized carbons (Fsp3) is 0.667. The Hall–Kier alpha value is -0.940. The summed E-state index contributed by atoms with van der Waals surface area (Å²) in [6.45, 7) is 6.15. The van der Waals surface area contributed by atoms with Gasteiger partial charge in [0.15, 0.2) is 0 Å². The maximum absolute atomic E-state index is 12.1. The summed E-state index contributed by atoms with van der Waals surface area (Å²) in [6, 6.07) is 0.0132. The molecule has 0 fully saturated rings. The smallest absolute Gasteiger partial charge is 0.263 e. The molecule has 17 heavy (non-hydrogen) atoms. The Morgan fingerprint density at radius 1 is 1.59 bits per heavy atom. The van der Waals surface area contributed by atoms with Crippen molar-refractivity contribution in [2.75, 3.05) is 6.61 Å². The number of nitrogens with one attached hydrogen (secondary N) is 1. The van der Waals surface area contributed by atoms with E-state index in [2.05, 4.69) is 10.3 Å². The molecule has 5 heteroatoms. The summed E-state index contributed by atoms with van der Waals surface area (Å²) in [6.07, 6.45) is 1.35. The first-order valence-corrected chi connectivity index (χ1v) is 6.82. The Morgan fingerprint density at radius 2 is 2.29 bits per heavy atom. The van der Waals surface area contributed by atoms with Gasteiger partial charge < -0.3 is 10.4 Å². The van der Waals surface area contributed by atoms with Gasteiger partial charge in [0.1, 0.15) is 4.88 Å². The molecule has 1 heterocycles. The van der Waals surface area contributed by atoms with Crippen molar-refractivity contribution in [3.05, 3.63) is 16.1 Å². The molecule has 1 aromatic heterocycles. The molecule has 0 saturated heterocycles. The number of aliphatic hydroxyl groups excluding tert-OH is 1. The molecule has 1 rings (SSSR count). The lowest BCUT2D eigenvalue weighted by Gasteiger charge is -2.21. The van der Waals surface area contributed by atoms with Crippen LogP contribution in [0.2, 0.25) is 0 Å². The summed E-state index contributed by atoms with van der Waals surface area (Å²) in [5.41, 5.74) is 2.54. The van der Waals surface area contributed by atoms with Crippen LogP contribution in [0.3, 0.4) is 0 Å². The Bertz CT molecular complexity index is 363. The number of aliphatic hydroxyl groups is 1. The molecule has 96 valence electrons. The number of nitrogens with zero attached hydrogens (tertiary/aromatic N) is 1. The van der Waals surface area contributed by atoms with Crippen LogP contribution < -0.4 is 5.32 Å². The zero-order chi connectivity index (χ0) is 12.8. The van der Waals surface area contributed by atoms with E-state index in [0.717, 1.165) is 12.1 Å². The Kier molecular flexibility index (Phi) is 5.58. The number of thiazole rings is 1. The second-order valence-corrected chi connectivity index (χ2v) is 5.17. The number of carbonyl (C=O) groups excluding carboxylic acids is 1. The molecular weight excluding hydrogens is 236 g/mol. The average molecular weight is 256 g/mol. The number of carbonyl (C=O) groups is 1. The highest BCUT2D eigenvalue weighted by Gasteiger charge is 2.19. The minimum atomic E-state index is -0.0727. The van der Waals surface area contributed by atoms with Gasteiger partial charge >= 0.3 is 0 Å². The van der Waals surface area contributed by atoms with Crippen molar-refractivity contribution in [1.82, 2.24) is 10.3 Å². The Labute approximate surface area is 106 Å². The summed E-state index contributed by atoms with van der Waals surface area (Å²) in [4.78, 5) is 16.9. The molecule has 0 aliphatic rings. The number of hydrogen-bond donors (Lipinski definition) is 2. The molecule has 1 unspecified atom stereocenters. The molecule has 1 atom stereocenters. The fourth-order valence-electron chi connectivity index (χ4n) is 1.65. The fourth-order valence-corrected chi connectivity index (χ4v) is 2.44. The van der Waals surface area contributed by atoms with E-state index in [1.807, 2.05) is 20.8 Å². The number of rotatable bonds is 6. The van der Waals surface area contributed by atoms with Crippen molar-refractivity contribution in [3.63, 3.8) is 0 Å². The molecule has 0 spiro atoms. The van der Waals surface area contributed by atoms with Gasteiger partial charge in [-0.1, -0.05) is 20.8 Å². The lowest BCUT2D eigenvalue weighted by atomic mass is 10.0. The van der Waals surface area contributed by atoms with Gasteiger partial charge in [-0.2, -0.15) is 0 Å². The van der Waals surface area contributed by atoms with Gasteiger partial charge in [0, 0.05) is 12.6 Å². The minimum absolute atomic E-state index is 0.0132. The molecule has 0 aromatic carbocycles. The largest absolute Gasteiger partial charge is 0.396 e. The molecule has 0 aliphatic carbocycles. The maximum atomic E-state index is 12.1. The van der Waals surface area contributed by atoms with E-state index in [-0.39, 0.29) is 18.6 Å². The van der Waals surface area contributed by atoms with Crippen LogP contribution in [0, 0.1) is 5.92 Å². The first-order valence-electron chi connectivity index (χ1n) is 5.94. The third-order valence-corrected chi connectivity index (χ3v) is 3.61. The maximum Gasteiger partial charge on any atom is 0.263 e. The summed E-state index contributed by atoms with van der Waals surface area (Å²) in [5, 5.41) is 11.9. The van der Waals surface area contributed by atoms with Crippen molar-refractivity contribution < 1.29 is 9.90 Å². The van der Waals surface area contributed by atoms with Gasteiger partial charge in [-0.25, -0.2) is 4.98 Å². The SMILES string of the molecule is CCc1ncsc1C(=O)NC(CCO)C(C)C. The van der Waals surface area contributed by atoms with Crippen LogP contribution in [-0.2, 0) is 6.42 Å². The summed E-state index contributed by atoms with van der Waals surface area (Å²) < 4.78 is 0. The van der Waals surface area contributed by atoms with Gasteiger partial charge in [0.25, 0.3) is 5.91 Å². The number of amides is 1. The van der Waals surface area contributed by atoms with Gasteiger partial charge in [-0.3, -0.25) is 4.79 Å². The van der Waals surface area contributed by atoms with Crippen molar-refractivity contribution in [1.29, 1.82) is 0 Å². The molecule has 0 aliphatic heterocycles. The van der Waals surface area contributed by atoms with Crippen molar-refractivity contribution in [3.8, 4) is 0 Å². The van der Waals surface area contributed by atoms with Crippen LogP contribution in [0.15, 0.2) is 5.51 Å². The van der Waals surface area contributed by atoms with E-state index in [1.165, 1.54) is 11.3 Å². The van der Waals surface area contributed by atoms with Crippen LogP contribution in [0.1, 0.15) is 42.6 Å². The van der Waals surface area contributed by atoms with Crippen LogP contribution in [0.4, 0.5) is 0 Å². The predicted octanol–water partition coefficient (Wildman–Crippen LogP) is 1.84. The Balaban J connectivity index is 2.70. The molecule has 0 radical (unpaired) electrons. The zero-order valence-corrected chi connectivity index (χ0v) is 11.4. The summed E-state index contributed by atoms with van der Waals surface area (Å²) in [5.74, 6) is 0.237. The van der Waals surface area contributed by atoms with Gasteiger partial charge in [-0.15, -0.1) is 11.3 Å². The van der Waals surface area contributed by atoms with E-state index in [4.69, 9.17) is 5.11 Å². The van der Waals surface area contributed by atoms with E-state index < -0.39 is 0 Å². The van der Waals surface area contributed by atoms with Crippen molar-refractivity contribution >= 4 is 17.2 Å². The monoisotopic (exact) mass is 256 g/mol. The highest BCUT2D eigenvalue weighted by Crippen LogP contribution is 2.15. The van der Waals surface area contributed by atoms with Gasteiger partial charge in [-0.05, 0) is 18.8 Å². The zero-order valence-electron chi connectivity index (χ0n) is 10.6. The Morgan fingerprint density at radius 3 is 2.82 bits per heavy atom. The van der Waals surface area contributed by atoms with Gasteiger partial charge in [0.05, 0.1) is 11.2 Å². The van der Waals surface area contributed by atoms with Crippen LogP contribution in [-0.4, -0.2) is 28.6 Å². The van der Waals surface area contributed by atoms with Crippen molar-refractivity contribution in [2.45, 2.75) is 39.7 Å². The predicted molar refractivity (Wildman–Crippen MR) is 69.3 cm³/mol. The van der Waals surface area contributed by atoms with Crippen molar-refractivity contribution in [2.24, 2.45) is 5.92 Å². The van der Waals surface area contributed by atoms with Crippen LogP contribution in [0.25, 0.3) is 0 Å². The normalized spacial score (nSPS) is 12.8. The molecule has 2 N–H and O–H groups in total. The molecule has 4 nitrogen and oxygen atoms in total. The van der Waals surface area contributed by atoms with E-state index in [1.54, 1.807) is 5.51 Å². The molecule has 0 bridgehead atoms. The highest BCUT2D eigenvalue weighted by molar-refractivity contribution is 7.11.